The van der Waals surface area contributed by atoms with Crippen molar-refractivity contribution < 1.29 is 24.5 Å². The van der Waals surface area contributed by atoms with Gasteiger partial charge in [-0.1, -0.05) is 0 Å². The van der Waals surface area contributed by atoms with Crippen LogP contribution in [0.4, 0.5) is 5.69 Å². The van der Waals surface area contributed by atoms with Crippen molar-refractivity contribution in [1.82, 2.24) is 9.55 Å². The topological polar surface area (TPSA) is 97.0 Å². The van der Waals surface area contributed by atoms with Gasteiger partial charge < -0.3 is 29.2 Å². The van der Waals surface area contributed by atoms with E-state index < -0.39 is 5.78 Å². The van der Waals surface area contributed by atoms with Crippen LogP contribution in [-0.2, 0) is 11.8 Å². The van der Waals surface area contributed by atoms with Crippen molar-refractivity contribution in [3.05, 3.63) is 47.5 Å². The zero-order chi connectivity index (χ0) is 21.3. The van der Waals surface area contributed by atoms with E-state index in [-0.39, 0.29) is 40.8 Å². The highest BCUT2D eigenvalue weighted by Crippen LogP contribution is 2.42. The minimum Gasteiger partial charge on any atom is -0.508 e. The Kier molecular flexibility index (Phi) is 3.82. The van der Waals surface area contributed by atoms with E-state index in [9.17, 15) is 15.0 Å². The molecule has 8 nitrogen and oxygen atoms in total. The monoisotopic (exact) mass is 419 g/mol. The first-order chi connectivity index (χ1) is 15.0. The Labute approximate surface area is 177 Å². The maximum absolute atomic E-state index is 12.9. The van der Waals surface area contributed by atoms with Crippen molar-refractivity contribution in [2.75, 3.05) is 18.0 Å². The van der Waals surface area contributed by atoms with Gasteiger partial charge in [0.15, 0.2) is 5.76 Å². The van der Waals surface area contributed by atoms with Crippen molar-refractivity contribution in [1.29, 1.82) is 0 Å². The average Bonchev–Trinajstić information content (AvgIpc) is 3.35. The van der Waals surface area contributed by atoms with Crippen molar-refractivity contribution in [3.8, 4) is 17.2 Å². The van der Waals surface area contributed by atoms with Crippen molar-refractivity contribution >= 4 is 28.6 Å². The summed E-state index contributed by atoms with van der Waals surface area (Å²) in [5.74, 6) is -0.631. The molecule has 0 aliphatic carbocycles. The van der Waals surface area contributed by atoms with Crippen LogP contribution in [0.2, 0.25) is 0 Å². The van der Waals surface area contributed by atoms with Gasteiger partial charge in [0, 0.05) is 55.6 Å². The number of benzene rings is 1. The molecule has 2 N–H and O–H groups in total. The summed E-state index contributed by atoms with van der Waals surface area (Å²) in [6, 6.07) is 4.47. The summed E-state index contributed by atoms with van der Waals surface area (Å²) in [4.78, 5) is 19.8. The smallest absolute Gasteiger partial charge is 0.235 e. The SMILES string of the molecule is Cn1cc(/C=C2\Oc3cc(O)cc(O)c3C2=O)c2c(N3CC4CCC(C3)O4)ccnc21. The number of carbonyl (C=O) groups excluding carboxylic acids is 1. The fraction of sp³-hybridized carbons (Fsp3) is 0.304. The van der Waals surface area contributed by atoms with Gasteiger partial charge in [0.2, 0.25) is 5.78 Å². The molecule has 0 radical (unpaired) electrons. The van der Waals surface area contributed by atoms with E-state index in [1.165, 1.54) is 6.07 Å². The molecule has 0 saturated carbocycles. The quantitative estimate of drug-likeness (QED) is 0.617. The fourth-order valence-electron chi connectivity index (χ4n) is 4.92. The largest absolute Gasteiger partial charge is 0.508 e. The number of phenols is 2. The number of ketones is 1. The number of rotatable bonds is 2. The maximum atomic E-state index is 12.9. The van der Waals surface area contributed by atoms with Gasteiger partial charge in [-0.3, -0.25) is 4.79 Å². The highest BCUT2D eigenvalue weighted by molar-refractivity contribution is 6.17. The number of aryl methyl sites for hydroxylation is 1. The summed E-state index contributed by atoms with van der Waals surface area (Å²) in [7, 11) is 1.92. The minimum atomic E-state index is -0.417. The second kappa shape index (κ2) is 6.49. The van der Waals surface area contributed by atoms with E-state index in [0.717, 1.165) is 54.3 Å². The maximum Gasteiger partial charge on any atom is 0.235 e. The van der Waals surface area contributed by atoms with Gasteiger partial charge in [0.05, 0.1) is 17.9 Å². The molecular weight excluding hydrogens is 398 g/mol. The summed E-state index contributed by atoms with van der Waals surface area (Å²) in [6.45, 7) is 1.66. The number of nitrogens with zero attached hydrogens (tertiary/aromatic N) is 3. The van der Waals surface area contributed by atoms with Crippen LogP contribution in [-0.4, -0.2) is 50.8 Å². The molecule has 0 spiro atoms. The molecule has 3 aromatic rings. The van der Waals surface area contributed by atoms with Gasteiger partial charge in [0.25, 0.3) is 0 Å². The lowest BCUT2D eigenvalue weighted by Crippen LogP contribution is -2.42. The summed E-state index contributed by atoms with van der Waals surface area (Å²) in [5, 5.41) is 20.7. The van der Waals surface area contributed by atoms with E-state index in [0.29, 0.717) is 0 Å². The van der Waals surface area contributed by atoms with Gasteiger partial charge in [-0.05, 0) is 25.0 Å². The molecule has 2 saturated heterocycles. The Hall–Kier alpha value is -3.52. The van der Waals surface area contributed by atoms with Crippen LogP contribution in [0.3, 0.4) is 0 Å². The number of allylic oxidation sites excluding steroid dienone is 1. The Bertz CT molecular complexity index is 1270. The summed E-state index contributed by atoms with van der Waals surface area (Å²) < 4.78 is 13.6. The van der Waals surface area contributed by atoms with Crippen LogP contribution in [0.25, 0.3) is 17.1 Å². The van der Waals surface area contributed by atoms with E-state index >= 15 is 0 Å². The number of fused-ring (bicyclic) bond motifs is 4. The third kappa shape index (κ3) is 2.79. The molecule has 2 fully saturated rings. The van der Waals surface area contributed by atoms with E-state index in [1.54, 1.807) is 12.3 Å². The molecule has 2 bridgehead atoms. The van der Waals surface area contributed by atoms with E-state index in [2.05, 4.69) is 9.88 Å². The number of aromatic nitrogens is 2. The summed E-state index contributed by atoms with van der Waals surface area (Å²) in [6.07, 6.45) is 8.06. The zero-order valence-electron chi connectivity index (χ0n) is 16.9. The molecule has 5 heterocycles. The number of aromatic hydroxyl groups is 2. The van der Waals surface area contributed by atoms with Crippen molar-refractivity contribution in [2.24, 2.45) is 7.05 Å². The first kappa shape index (κ1) is 18.3. The average molecular weight is 419 g/mol. The van der Waals surface area contributed by atoms with Gasteiger partial charge in [0.1, 0.15) is 28.5 Å². The van der Waals surface area contributed by atoms with E-state index in [4.69, 9.17) is 9.47 Å². The van der Waals surface area contributed by atoms with E-state index in [1.807, 2.05) is 23.9 Å². The Morgan fingerprint density at radius 3 is 2.74 bits per heavy atom. The van der Waals surface area contributed by atoms with Crippen LogP contribution in [0.5, 0.6) is 17.2 Å². The third-order valence-electron chi connectivity index (χ3n) is 6.27. The number of anilines is 1. The first-order valence-electron chi connectivity index (χ1n) is 10.3. The lowest BCUT2D eigenvalue weighted by molar-refractivity contribution is 0.0306. The number of Topliss-reactive ketones (excluding diaryl/α,β-unsaturated/α-hetero) is 1. The summed E-state index contributed by atoms with van der Waals surface area (Å²) in [5.41, 5.74) is 2.74. The molecule has 31 heavy (non-hydrogen) atoms. The predicted octanol–water partition coefficient (Wildman–Crippen LogP) is 2.97. The standard InChI is InChI=1S/C23H21N3O5/c1-25-9-12(6-19-22(29)21-17(28)7-13(27)8-18(21)31-19)20-16(4-5-24-23(20)25)26-10-14-2-3-15(11-26)30-14/h4-9,14-15,27-28H,2-3,10-11H2,1H3/b19-6-. The number of morpholine rings is 1. The number of phenolic OH excluding ortho intramolecular Hbond substituents is 2. The molecule has 2 unspecified atom stereocenters. The zero-order valence-corrected chi connectivity index (χ0v) is 16.9. The van der Waals surface area contributed by atoms with Crippen LogP contribution < -0.4 is 9.64 Å². The second-order valence-corrected chi connectivity index (χ2v) is 8.36. The first-order valence-corrected chi connectivity index (χ1v) is 10.3. The minimum absolute atomic E-state index is 0.0624. The normalized spacial score (nSPS) is 23.6. The lowest BCUT2D eigenvalue weighted by atomic mass is 10.1. The molecule has 2 atom stereocenters. The lowest BCUT2D eigenvalue weighted by Gasteiger charge is -2.34. The van der Waals surface area contributed by atoms with Gasteiger partial charge in [-0.2, -0.15) is 0 Å². The van der Waals surface area contributed by atoms with Crippen LogP contribution in [0.15, 0.2) is 36.4 Å². The predicted molar refractivity (Wildman–Crippen MR) is 114 cm³/mol. The highest BCUT2D eigenvalue weighted by Gasteiger charge is 2.35. The molecule has 8 heteroatoms. The molecule has 2 aromatic heterocycles. The van der Waals surface area contributed by atoms with Gasteiger partial charge in [-0.15, -0.1) is 0 Å². The Balaban J connectivity index is 1.46. The number of carbonyl (C=O) groups is 1. The van der Waals surface area contributed by atoms with Crippen molar-refractivity contribution in [2.45, 2.75) is 25.0 Å². The Morgan fingerprint density at radius 1 is 1.19 bits per heavy atom. The van der Waals surface area contributed by atoms with Crippen LogP contribution >= 0.6 is 0 Å². The molecule has 158 valence electrons. The number of ether oxygens (including phenoxy) is 2. The second-order valence-electron chi connectivity index (χ2n) is 8.36. The number of hydrogen-bond acceptors (Lipinski definition) is 7. The van der Waals surface area contributed by atoms with Crippen LogP contribution in [0.1, 0.15) is 28.8 Å². The molecule has 1 aromatic carbocycles. The summed E-state index contributed by atoms with van der Waals surface area (Å²) >= 11 is 0. The van der Waals surface area contributed by atoms with Gasteiger partial charge in [-0.25, -0.2) is 4.98 Å². The fourth-order valence-corrected chi connectivity index (χ4v) is 4.92. The molecule has 3 aliphatic rings. The number of pyridine rings is 1. The molecule has 3 aliphatic heterocycles. The van der Waals surface area contributed by atoms with Crippen molar-refractivity contribution in [3.63, 3.8) is 0 Å². The molecule has 6 rings (SSSR count). The van der Waals surface area contributed by atoms with Crippen LogP contribution in [0, 0.1) is 0 Å². The Morgan fingerprint density at radius 2 is 1.97 bits per heavy atom. The third-order valence-corrected chi connectivity index (χ3v) is 6.27. The van der Waals surface area contributed by atoms with Gasteiger partial charge >= 0.3 is 0 Å². The molecular formula is C23H21N3O5. The number of hydrogen-bond donors (Lipinski definition) is 2. The molecule has 0 amide bonds. The highest BCUT2D eigenvalue weighted by atomic mass is 16.5.